The number of thiazole rings is 1. The van der Waals surface area contributed by atoms with E-state index in [1.54, 1.807) is 11.3 Å². The predicted molar refractivity (Wildman–Crippen MR) is 98.5 cm³/mol. The Hall–Kier alpha value is -1.88. The van der Waals surface area contributed by atoms with E-state index >= 15 is 0 Å². The van der Waals surface area contributed by atoms with E-state index in [4.69, 9.17) is 4.98 Å². The van der Waals surface area contributed by atoms with Crippen molar-refractivity contribution in [2.24, 2.45) is 5.92 Å². The number of carbonyl (C=O) groups excluding carboxylic acids is 1. The summed E-state index contributed by atoms with van der Waals surface area (Å²) in [5.41, 5.74) is 3.57. The third-order valence-electron chi connectivity index (χ3n) is 5.17. The SMILES string of the molecule is CC(C)c1ccc(-c2csc(N3CC4CCC(=O)NC4C3)n2)cc1. The van der Waals surface area contributed by atoms with Gasteiger partial charge in [0.2, 0.25) is 5.91 Å². The number of fused-ring (bicyclic) bond motifs is 1. The van der Waals surface area contributed by atoms with Gasteiger partial charge in [-0.2, -0.15) is 0 Å². The molecule has 1 N–H and O–H groups in total. The third kappa shape index (κ3) is 2.93. The fraction of sp³-hybridized carbons (Fsp3) is 0.474. The quantitative estimate of drug-likeness (QED) is 0.927. The summed E-state index contributed by atoms with van der Waals surface area (Å²) in [5, 5.41) is 6.34. The average molecular weight is 341 g/mol. The molecule has 2 aromatic rings. The van der Waals surface area contributed by atoms with Crippen LogP contribution in [0.3, 0.4) is 0 Å². The number of amides is 1. The first-order valence-electron chi connectivity index (χ1n) is 8.70. The predicted octanol–water partition coefficient (Wildman–Crippen LogP) is 3.65. The molecule has 0 radical (unpaired) electrons. The number of benzene rings is 1. The van der Waals surface area contributed by atoms with Gasteiger partial charge in [-0.15, -0.1) is 11.3 Å². The lowest BCUT2D eigenvalue weighted by Crippen LogP contribution is -2.44. The number of anilines is 1. The summed E-state index contributed by atoms with van der Waals surface area (Å²) >= 11 is 1.70. The average Bonchev–Trinajstić information content (AvgIpc) is 3.21. The maximum absolute atomic E-state index is 11.6. The monoisotopic (exact) mass is 341 g/mol. The van der Waals surface area contributed by atoms with Crippen LogP contribution in [0.5, 0.6) is 0 Å². The van der Waals surface area contributed by atoms with E-state index in [1.165, 1.54) is 11.1 Å². The Morgan fingerprint density at radius 2 is 2.04 bits per heavy atom. The number of hydrogen-bond acceptors (Lipinski definition) is 4. The number of hydrogen-bond donors (Lipinski definition) is 1. The zero-order valence-electron chi connectivity index (χ0n) is 14.2. The van der Waals surface area contributed by atoms with Crippen LogP contribution >= 0.6 is 11.3 Å². The molecule has 2 saturated heterocycles. The molecule has 2 atom stereocenters. The van der Waals surface area contributed by atoms with Gasteiger partial charge in [0, 0.05) is 30.5 Å². The highest BCUT2D eigenvalue weighted by Crippen LogP contribution is 2.33. The zero-order chi connectivity index (χ0) is 16.7. The van der Waals surface area contributed by atoms with E-state index in [0.29, 0.717) is 24.3 Å². The van der Waals surface area contributed by atoms with Crippen LogP contribution in [0, 0.1) is 5.92 Å². The Morgan fingerprint density at radius 1 is 1.25 bits per heavy atom. The van der Waals surface area contributed by atoms with E-state index in [-0.39, 0.29) is 5.91 Å². The number of carbonyl (C=O) groups is 1. The Bertz CT molecular complexity index is 737. The van der Waals surface area contributed by atoms with Crippen LogP contribution in [0.1, 0.15) is 38.2 Å². The van der Waals surface area contributed by atoms with Crippen molar-refractivity contribution in [3.63, 3.8) is 0 Å². The van der Waals surface area contributed by atoms with Crippen LogP contribution in [0.4, 0.5) is 5.13 Å². The fourth-order valence-electron chi connectivity index (χ4n) is 3.66. The molecule has 2 unspecified atom stereocenters. The molecule has 1 aromatic heterocycles. The van der Waals surface area contributed by atoms with Gasteiger partial charge < -0.3 is 10.2 Å². The fourth-order valence-corrected chi connectivity index (χ4v) is 4.51. The lowest BCUT2D eigenvalue weighted by atomic mass is 9.94. The van der Waals surface area contributed by atoms with Crippen molar-refractivity contribution < 1.29 is 4.79 Å². The van der Waals surface area contributed by atoms with E-state index in [0.717, 1.165) is 30.3 Å². The maximum atomic E-state index is 11.6. The minimum absolute atomic E-state index is 0.197. The second-order valence-corrected chi connectivity index (χ2v) is 8.01. The molecule has 2 aliphatic heterocycles. The standard InChI is InChI=1S/C19H23N3OS/c1-12(2)13-3-5-14(6-4-13)17-11-24-19(21-17)22-9-15-7-8-18(23)20-16(15)10-22/h3-6,11-12,15-16H,7-10H2,1-2H3,(H,20,23). The maximum Gasteiger partial charge on any atom is 0.220 e. The van der Waals surface area contributed by atoms with Crippen LogP contribution in [0.15, 0.2) is 29.6 Å². The summed E-state index contributed by atoms with van der Waals surface area (Å²) in [4.78, 5) is 18.7. The smallest absolute Gasteiger partial charge is 0.220 e. The van der Waals surface area contributed by atoms with Crippen molar-refractivity contribution in [1.82, 2.24) is 10.3 Å². The van der Waals surface area contributed by atoms with Crippen LogP contribution < -0.4 is 10.2 Å². The normalized spacial score (nSPS) is 23.5. The van der Waals surface area contributed by atoms with Gasteiger partial charge in [-0.25, -0.2) is 4.98 Å². The van der Waals surface area contributed by atoms with Gasteiger partial charge in [0.15, 0.2) is 5.13 Å². The van der Waals surface area contributed by atoms with E-state index < -0.39 is 0 Å². The van der Waals surface area contributed by atoms with Gasteiger partial charge in [0.1, 0.15) is 0 Å². The third-order valence-corrected chi connectivity index (χ3v) is 6.07. The molecule has 3 heterocycles. The van der Waals surface area contributed by atoms with Crippen LogP contribution in [-0.4, -0.2) is 30.0 Å². The Kier molecular flexibility index (Phi) is 4.04. The molecule has 126 valence electrons. The van der Waals surface area contributed by atoms with Crippen molar-refractivity contribution in [2.45, 2.75) is 38.6 Å². The topological polar surface area (TPSA) is 45.2 Å². The number of aromatic nitrogens is 1. The molecule has 0 saturated carbocycles. The first-order valence-corrected chi connectivity index (χ1v) is 9.58. The van der Waals surface area contributed by atoms with Crippen LogP contribution in [-0.2, 0) is 4.79 Å². The van der Waals surface area contributed by atoms with Crippen molar-refractivity contribution in [3.05, 3.63) is 35.2 Å². The number of nitrogens with one attached hydrogen (secondary N) is 1. The Labute approximate surface area is 146 Å². The van der Waals surface area contributed by atoms with Gasteiger partial charge in [0.05, 0.1) is 11.7 Å². The molecule has 24 heavy (non-hydrogen) atoms. The van der Waals surface area contributed by atoms with Gasteiger partial charge >= 0.3 is 0 Å². The van der Waals surface area contributed by atoms with Crippen molar-refractivity contribution in [1.29, 1.82) is 0 Å². The summed E-state index contributed by atoms with van der Waals surface area (Å²) in [6, 6.07) is 9.01. The van der Waals surface area contributed by atoms with Gasteiger partial charge in [-0.1, -0.05) is 38.1 Å². The molecule has 2 aliphatic rings. The molecular weight excluding hydrogens is 318 g/mol. The summed E-state index contributed by atoms with van der Waals surface area (Å²) < 4.78 is 0. The molecule has 5 heteroatoms. The van der Waals surface area contributed by atoms with Crippen LogP contribution in [0.2, 0.25) is 0 Å². The molecular formula is C19H23N3OS. The van der Waals surface area contributed by atoms with Gasteiger partial charge in [-0.3, -0.25) is 4.79 Å². The van der Waals surface area contributed by atoms with Crippen LogP contribution in [0.25, 0.3) is 11.3 Å². The molecule has 0 aliphatic carbocycles. The second kappa shape index (κ2) is 6.20. The molecule has 4 rings (SSSR count). The molecule has 1 aromatic carbocycles. The largest absolute Gasteiger partial charge is 0.351 e. The minimum atomic E-state index is 0.197. The lowest BCUT2D eigenvalue weighted by Gasteiger charge is -2.24. The van der Waals surface area contributed by atoms with Gasteiger partial charge in [-0.05, 0) is 23.8 Å². The molecule has 0 spiro atoms. The number of piperidine rings is 1. The Morgan fingerprint density at radius 3 is 2.79 bits per heavy atom. The second-order valence-electron chi connectivity index (χ2n) is 7.17. The van der Waals surface area contributed by atoms with Crippen molar-refractivity contribution in [2.75, 3.05) is 18.0 Å². The van der Waals surface area contributed by atoms with E-state index in [2.05, 4.69) is 53.7 Å². The highest BCUT2D eigenvalue weighted by atomic mass is 32.1. The first-order chi connectivity index (χ1) is 11.6. The summed E-state index contributed by atoms with van der Waals surface area (Å²) in [6.07, 6.45) is 1.67. The molecule has 0 bridgehead atoms. The Balaban J connectivity index is 1.50. The minimum Gasteiger partial charge on any atom is -0.351 e. The molecule has 1 amide bonds. The van der Waals surface area contributed by atoms with Gasteiger partial charge in [0.25, 0.3) is 0 Å². The molecule has 2 fully saturated rings. The van der Waals surface area contributed by atoms with E-state index in [9.17, 15) is 4.79 Å². The summed E-state index contributed by atoms with van der Waals surface area (Å²) in [7, 11) is 0. The number of rotatable bonds is 3. The summed E-state index contributed by atoms with van der Waals surface area (Å²) in [6.45, 7) is 6.31. The highest BCUT2D eigenvalue weighted by molar-refractivity contribution is 7.14. The van der Waals surface area contributed by atoms with Crippen molar-refractivity contribution >= 4 is 22.4 Å². The van der Waals surface area contributed by atoms with E-state index in [1.807, 2.05) is 0 Å². The zero-order valence-corrected chi connectivity index (χ0v) is 15.0. The molecule has 4 nitrogen and oxygen atoms in total. The van der Waals surface area contributed by atoms with Crippen molar-refractivity contribution in [3.8, 4) is 11.3 Å². The first kappa shape index (κ1) is 15.6. The highest BCUT2D eigenvalue weighted by Gasteiger charge is 2.37. The lowest BCUT2D eigenvalue weighted by molar-refractivity contribution is -0.123. The summed E-state index contributed by atoms with van der Waals surface area (Å²) in [5.74, 6) is 1.32. The number of nitrogens with zero attached hydrogens (tertiary/aromatic N) is 2.